The molecule has 0 radical (unpaired) electrons. The number of hydrogen-bond donors (Lipinski definition) is 2. The largest absolute Gasteiger partial charge is 0.491 e. The molecular weight excluding hydrogens is 337 g/mol. The zero-order chi connectivity index (χ0) is 15.1. The fraction of sp³-hybridized carbons (Fsp3) is 0.250. The van der Waals surface area contributed by atoms with Gasteiger partial charge in [-0.25, -0.2) is 4.39 Å². The molecular formula is C16H17BrFNO2. The van der Waals surface area contributed by atoms with Crippen LogP contribution in [0.15, 0.2) is 53.0 Å². The molecule has 0 fully saturated rings. The molecule has 5 heteroatoms. The molecule has 112 valence electrons. The smallest absolute Gasteiger partial charge is 0.127 e. The lowest BCUT2D eigenvalue weighted by Crippen LogP contribution is -2.31. The van der Waals surface area contributed by atoms with Crippen molar-refractivity contribution in [1.82, 2.24) is 5.32 Å². The van der Waals surface area contributed by atoms with E-state index in [2.05, 4.69) is 21.2 Å². The molecule has 2 aromatic carbocycles. The van der Waals surface area contributed by atoms with Gasteiger partial charge in [0.1, 0.15) is 24.3 Å². The van der Waals surface area contributed by atoms with Crippen LogP contribution in [-0.2, 0) is 6.54 Å². The van der Waals surface area contributed by atoms with Gasteiger partial charge in [0, 0.05) is 23.1 Å². The van der Waals surface area contributed by atoms with Crippen molar-refractivity contribution >= 4 is 15.9 Å². The SMILES string of the molecule is OC(CNCc1ccccc1F)COc1ccc(Br)cc1. The number of benzene rings is 2. The first kappa shape index (κ1) is 15.9. The van der Waals surface area contributed by atoms with E-state index in [1.165, 1.54) is 6.07 Å². The molecule has 21 heavy (non-hydrogen) atoms. The second-order valence-electron chi connectivity index (χ2n) is 4.64. The van der Waals surface area contributed by atoms with Gasteiger partial charge in [-0.1, -0.05) is 34.1 Å². The van der Waals surface area contributed by atoms with Gasteiger partial charge in [-0.3, -0.25) is 0 Å². The maximum absolute atomic E-state index is 13.4. The van der Waals surface area contributed by atoms with Crippen LogP contribution in [-0.4, -0.2) is 24.4 Å². The van der Waals surface area contributed by atoms with Crippen molar-refractivity contribution in [2.45, 2.75) is 12.6 Å². The number of aliphatic hydroxyl groups is 1. The lowest BCUT2D eigenvalue weighted by atomic mass is 10.2. The summed E-state index contributed by atoms with van der Waals surface area (Å²) < 4.78 is 19.8. The average molecular weight is 354 g/mol. The normalized spacial score (nSPS) is 12.1. The average Bonchev–Trinajstić information content (AvgIpc) is 2.49. The topological polar surface area (TPSA) is 41.5 Å². The highest BCUT2D eigenvalue weighted by molar-refractivity contribution is 9.10. The maximum atomic E-state index is 13.4. The minimum Gasteiger partial charge on any atom is -0.491 e. The van der Waals surface area contributed by atoms with Crippen LogP contribution in [0.25, 0.3) is 0 Å². The van der Waals surface area contributed by atoms with Crippen molar-refractivity contribution in [3.8, 4) is 5.75 Å². The summed E-state index contributed by atoms with van der Waals surface area (Å²) >= 11 is 3.34. The molecule has 0 bridgehead atoms. The van der Waals surface area contributed by atoms with Gasteiger partial charge in [-0.15, -0.1) is 0 Å². The fourth-order valence-electron chi connectivity index (χ4n) is 1.80. The first-order chi connectivity index (χ1) is 10.1. The first-order valence-electron chi connectivity index (χ1n) is 6.65. The van der Waals surface area contributed by atoms with E-state index in [9.17, 15) is 9.50 Å². The lowest BCUT2D eigenvalue weighted by Gasteiger charge is -2.13. The fourth-order valence-corrected chi connectivity index (χ4v) is 2.06. The molecule has 1 atom stereocenters. The maximum Gasteiger partial charge on any atom is 0.127 e. The highest BCUT2D eigenvalue weighted by atomic mass is 79.9. The van der Waals surface area contributed by atoms with Gasteiger partial charge in [0.25, 0.3) is 0 Å². The molecule has 2 aromatic rings. The Morgan fingerprint density at radius 1 is 1.14 bits per heavy atom. The number of rotatable bonds is 7. The highest BCUT2D eigenvalue weighted by Gasteiger charge is 2.06. The van der Waals surface area contributed by atoms with Crippen LogP contribution in [0.5, 0.6) is 5.75 Å². The van der Waals surface area contributed by atoms with Gasteiger partial charge in [-0.2, -0.15) is 0 Å². The minimum atomic E-state index is -0.652. The van der Waals surface area contributed by atoms with Crippen LogP contribution >= 0.6 is 15.9 Å². The molecule has 0 saturated heterocycles. The van der Waals surface area contributed by atoms with E-state index in [0.29, 0.717) is 24.4 Å². The summed E-state index contributed by atoms with van der Waals surface area (Å²) in [5.41, 5.74) is 0.582. The van der Waals surface area contributed by atoms with Gasteiger partial charge in [0.2, 0.25) is 0 Å². The molecule has 0 amide bonds. The van der Waals surface area contributed by atoms with Crippen LogP contribution in [0.2, 0.25) is 0 Å². The highest BCUT2D eigenvalue weighted by Crippen LogP contribution is 2.16. The summed E-state index contributed by atoms with van der Waals surface area (Å²) in [5, 5.41) is 12.8. The molecule has 0 heterocycles. The number of aliphatic hydroxyl groups excluding tert-OH is 1. The third-order valence-corrected chi connectivity index (χ3v) is 3.44. The molecule has 0 aliphatic carbocycles. The molecule has 0 spiro atoms. The van der Waals surface area contributed by atoms with E-state index >= 15 is 0 Å². The van der Waals surface area contributed by atoms with Crippen molar-refractivity contribution in [3.05, 3.63) is 64.4 Å². The lowest BCUT2D eigenvalue weighted by molar-refractivity contribution is 0.106. The van der Waals surface area contributed by atoms with Gasteiger partial charge >= 0.3 is 0 Å². The molecule has 3 nitrogen and oxygen atoms in total. The molecule has 0 aromatic heterocycles. The Kier molecular flexibility index (Phi) is 6.17. The summed E-state index contributed by atoms with van der Waals surface area (Å²) in [6, 6.07) is 14.0. The van der Waals surface area contributed by atoms with Gasteiger partial charge in [0.05, 0.1) is 0 Å². The van der Waals surface area contributed by atoms with Crippen molar-refractivity contribution < 1.29 is 14.2 Å². The standard InChI is InChI=1S/C16H17BrFNO2/c17-13-5-7-15(8-6-13)21-11-14(20)10-19-9-12-3-1-2-4-16(12)18/h1-8,14,19-20H,9-11H2. The van der Waals surface area contributed by atoms with Crippen LogP contribution in [0.3, 0.4) is 0 Å². The summed E-state index contributed by atoms with van der Waals surface area (Å²) in [6.07, 6.45) is -0.652. The molecule has 0 saturated carbocycles. The molecule has 1 unspecified atom stereocenters. The zero-order valence-corrected chi connectivity index (χ0v) is 13.0. The molecule has 2 rings (SSSR count). The number of hydrogen-bond acceptors (Lipinski definition) is 3. The van der Waals surface area contributed by atoms with E-state index in [1.54, 1.807) is 18.2 Å². The van der Waals surface area contributed by atoms with E-state index < -0.39 is 6.10 Å². The Morgan fingerprint density at radius 2 is 1.86 bits per heavy atom. The third-order valence-electron chi connectivity index (χ3n) is 2.91. The number of nitrogens with one attached hydrogen (secondary N) is 1. The predicted octanol–water partition coefficient (Wildman–Crippen LogP) is 3.12. The van der Waals surface area contributed by atoms with Crippen molar-refractivity contribution in [3.63, 3.8) is 0 Å². The van der Waals surface area contributed by atoms with Crippen LogP contribution in [0.4, 0.5) is 4.39 Å². The van der Waals surface area contributed by atoms with E-state index in [4.69, 9.17) is 4.74 Å². The van der Waals surface area contributed by atoms with Gasteiger partial charge < -0.3 is 15.2 Å². The second kappa shape index (κ2) is 8.12. The minimum absolute atomic E-state index is 0.186. The summed E-state index contributed by atoms with van der Waals surface area (Å²) in [4.78, 5) is 0. The third kappa shape index (κ3) is 5.46. The molecule has 2 N–H and O–H groups in total. The van der Waals surface area contributed by atoms with Crippen molar-refractivity contribution in [2.24, 2.45) is 0 Å². The second-order valence-corrected chi connectivity index (χ2v) is 5.56. The number of halogens is 2. The van der Waals surface area contributed by atoms with E-state index in [-0.39, 0.29) is 12.4 Å². The van der Waals surface area contributed by atoms with Crippen LogP contribution < -0.4 is 10.1 Å². The quantitative estimate of drug-likeness (QED) is 0.803. The first-order valence-corrected chi connectivity index (χ1v) is 7.45. The van der Waals surface area contributed by atoms with Gasteiger partial charge in [-0.05, 0) is 30.3 Å². The summed E-state index contributed by atoms with van der Waals surface area (Å²) in [6.45, 7) is 0.902. The monoisotopic (exact) mass is 353 g/mol. The van der Waals surface area contributed by atoms with E-state index in [1.807, 2.05) is 24.3 Å². The Morgan fingerprint density at radius 3 is 2.57 bits per heavy atom. The van der Waals surface area contributed by atoms with Crippen molar-refractivity contribution in [2.75, 3.05) is 13.2 Å². The predicted molar refractivity (Wildman–Crippen MR) is 83.8 cm³/mol. The zero-order valence-electron chi connectivity index (χ0n) is 11.4. The summed E-state index contributed by atoms with van der Waals surface area (Å²) in [5.74, 6) is 0.456. The van der Waals surface area contributed by atoms with Crippen molar-refractivity contribution in [1.29, 1.82) is 0 Å². The number of ether oxygens (including phenoxy) is 1. The van der Waals surface area contributed by atoms with Crippen LogP contribution in [0.1, 0.15) is 5.56 Å². The van der Waals surface area contributed by atoms with Crippen LogP contribution in [0, 0.1) is 5.82 Å². The van der Waals surface area contributed by atoms with Gasteiger partial charge in [0.15, 0.2) is 0 Å². The Balaban J connectivity index is 1.69. The summed E-state index contributed by atoms with van der Waals surface area (Å²) in [7, 11) is 0. The Hall–Kier alpha value is -1.43. The van der Waals surface area contributed by atoms with E-state index in [0.717, 1.165) is 4.47 Å². The molecule has 0 aliphatic heterocycles. The Bertz CT molecular complexity index is 562. The molecule has 0 aliphatic rings. The Labute approximate surface area is 131 Å².